The van der Waals surface area contributed by atoms with Crippen LogP contribution in [0.3, 0.4) is 0 Å². The van der Waals surface area contributed by atoms with Gasteiger partial charge in [0, 0.05) is 50.1 Å². The minimum Gasteiger partial charge on any atom is -0.172 e. The van der Waals surface area contributed by atoms with E-state index in [1.165, 1.54) is 172 Å². The number of fused-ring (bicyclic) bond motifs is 1. The molecule has 0 atom stereocenters. The number of nitrogens with zero attached hydrogens (tertiary/aromatic N) is 2. The van der Waals surface area contributed by atoms with Gasteiger partial charge in [0.25, 0.3) is 0 Å². The maximum absolute atomic E-state index is 5.00. The van der Waals surface area contributed by atoms with Crippen LogP contribution in [0, 0.1) is 13.8 Å². The second-order valence-electron chi connectivity index (χ2n) is 16.5. The average molecular weight is 895 g/mol. The minimum absolute atomic E-state index is 1.03. The van der Waals surface area contributed by atoms with E-state index in [4.69, 9.17) is 8.75 Å². The Bertz CT molecular complexity index is 2660. The second kappa shape index (κ2) is 21.4. The van der Waals surface area contributed by atoms with E-state index in [9.17, 15) is 0 Å². The van der Waals surface area contributed by atoms with Crippen LogP contribution in [0.1, 0.15) is 124 Å². The van der Waals surface area contributed by atoms with Gasteiger partial charge in [-0.25, -0.2) is 0 Å². The molecular formula is C54H58N2S5. The molecular weight excluding hydrogens is 837 g/mol. The van der Waals surface area contributed by atoms with Crippen molar-refractivity contribution >= 4 is 80.3 Å². The summed E-state index contributed by atoms with van der Waals surface area (Å²) in [5.74, 6) is 0. The van der Waals surface area contributed by atoms with Crippen molar-refractivity contribution in [1.29, 1.82) is 0 Å². The molecule has 61 heavy (non-hydrogen) atoms. The molecule has 0 aliphatic heterocycles. The van der Waals surface area contributed by atoms with Crippen molar-refractivity contribution in [3.63, 3.8) is 0 Å². The topological polar surface area (TPSA) is 25.8 Å². The molecule has 0 saturated heterocycles. The van der Waals surface area contributed by atoms with Crippen LogP contribution in [-0.2, 0) is 12.8 Å². The largest absolute Gasteiger partial charge is 0.172 e. The van der Waals surface area contributed by atoms with Crippen molar-refractivity contribution in [2.24, 2.45) is 0 Å². The van der Waals surface area contributed by atoms with Gasteiger partial charge in [-0.05, 0) is 104 Å². The Labute approximate surface area is 384 Å². The summed E-state index contributed by atoms with van der Waals surface area (Å²) in [6.07, 6.45) is 22.3. The highest BCUT2D eigenvalue weighted by Gasteiger charge is 2.21. The number of thiophene rings is 4. The third-order valence-electron chi connectivity index (χ3n) is 11.7. The van der Waals surface area contributed by atoms with E-state index < -0.39 is 0 Å². The van der Waals surface area contributed by atoms with Crippen molar-refractivity contribution in [3.05, 3.63) is 130 Å². The van der Waals surface area contributed by atoms with E-state index in [1.807, 2.05) is 45.3 Å². The monoisotopic (exact) mass is 894 g/mol. The van der Waals surface area contributed by atoms with Crippen molar-refractivity contribution in [2.45, 2.75) is 118 Å². The first-order valence-electron chi connectivity index (χ1n) is 22.5. The molecule has 0 aliphatic carbocycles. The van der Waals surface area contributed by atoms with Crippen LogP contribution >= 0.6 is 57.1 Å². The normalized spacial score (nSPS) is 11.8. The van der Waals surface area contributed by atoms with Crippen LogP contribution in [0.25, 0.3) is 74.0 Å². The molecule has 0 radical (unpaired) electrons. The van der Waals surface area contributed by atoms with Gasteiger partial charge < -0.3 is 0 Å². The lowest BCUT2D eigenvalue weighted by atomic mass is 10.0. The molecule has 0 aliphatic rings. The first kappa shape index (κ1) is 43.7. The third-order valence-corrected chi connectivity index (χ3v) is 17.1. The molecule has 8 aromatic rings. The van der Waals surface area contributed by atoms with E-state index in [0.29, 0.717) is 0 Å². The Hall–Kier alpha value is -3.98. The van der Waals surface area contributed by atoms with Gasteiger partial charge in [0.1, 0.15) is 11.0 Å². The molecule has 5 aromatic heterocycles. The lowest BCUT2D eigenvalue weighted by Crippen LogP contribution is -1.86. The number of hydrogen-bond acceptors (Lipinski definition) is 7. The number of unbranched alkanes of at least 4 members (excludes halogenated alkanes) is 10. The van der Waals surface area contributed by atoms with Crippen molar-refractivity contribution < 1.29 is 0 Å². The number of hydrogen-bond donors (Lipinski definition) is 0. The molecule has 2 nitrogen and oxygen atoms in total. The Morgan fingerprint density at radius 3 is 1.57 bits per heavy atom. The quantitative estimate of drug-likeness (QED) is 0.0530. The fourth-order valence-electron chi connectivity index (χ4n) is 8.26. The Morgan fingerprint density at radius 1 is 0.459 bits per heavy atom. The number of rotatable bonds is 21. The van der Waals surface area contributed by atoms with E-state index >= 15 is 0 Å². The van der Waals surface area contributed by atoms with Crippen LogP contribution in [0.4, 0.5) is 0 Å². The van der Waals surface area contributed by atoms with E-state index in [-0.39, 0.29) is 0 Å². The van der Waals surface area contributed by atoms with Crippen LogP contribution in [-0.4, -0.2) is 8.75 Å². The van der Waals surface area contributed by atoms with Gasteiger partial charge in [0.2, 0.25) is 0 Å². The zero-order valence-corrected chi connectivity index (χ0v) is 40.3. The SMILES string of the molecule is CCCCCCCCc1cc(-c2ccc(-c3cc(CCCCCCCC)c(-c4ccc(-c5ccc(/C=C/c6cccc(C)c6)cc5)s4)s3)c3nsnc23)sc1-c1ccc(C)s1. The van der Waals surface area contributed by atoms with Gasteiger partial charge in [0.05, 0.1) is 11.7 Å². The first-order chi connectivity index (χ1) is 30.0. The summed E-state index contributed by atoms with van der Waals surface area (Å²) in [7, 11) is 0. The molecule has 0 spiro atoms. The van der Waals surface area contributed by atoms with Crippen LogP contribution in [0.15, 0.2) is 97.1 Å². The van der Waals surface area contributed by atoms with Gasteiger partial charge >= 0.3 is 0 Å². The van der Waals surface area contributed by atoms with Crippen LogP contribution in [0.2, 0.25) is 0 Å². The smallest absolute Gasteiger partial charge is 0.114 e. The fourth-order valence-corrected chi connectivity index (χ4v) is 13.5. The molecule has 0 saturated carbocycles. The molecule has 7 heteroatoms. The summed E-state index contributed by atoms with van der Waals surface area (Å²) in [5.41, 5.74) is 12.4. The van der Waals surface area contributed by atoms with Crippen molar-refractivity contribution in [2.75, 3.05) is 0 Å². The van der Waals surface area contributed by atoms with Gasteiger partial charge in [0.15, 0.2) is 0 Å². The predicted molar refractivity (Wildman–Crippen MR) is 275 cm³/mol. The Morgan fingerprint density at radius 2 is 1.00 bits per heavy atom. The highest BCUT2D eigenvalue weighted by molar-refractivity contribution is 7.25. The standard InChI is InChI=1S/C54H58N2S5/c1-5-7-9-11-13-15-20-42-35-49(59-53(42)47-31-22-38(4)57-47)44-29-30-45(52-51(44)55-61-56-52)50-36-43(21-16-14-12-10-8-6-2)54(60-50)48-33-32-46(58-48)41-27-25-39(26-28-41)23-24-40-19-17-18-37(3)34-40/h17-19,22-36H,5-16,20-21H2,1-4H3/b24-23+. The van der Waals surface area contributed by atoms with E-state index in [1.54, 1.807) is 0 Å². The lowest BCUT2D eigenvalue weighted by molar-refractivity contribution is 0.608. The molecule has 0 bridgehead atoms. The molecule has 314 valence electrons. The molecule has 8 rings (SSSR count). The summed E-state index contributed by atoms with van der Waals surface area (Å²) in [6.45, 7) is 8.96. The fraction of sp³-hybridized carbons (Fsp3) is 0.333. The van der Waals surface area contributed by atoms with Crippen molar-refractivity contribution in [3.8, 4) is 50.8 Å². The summed E-state index contributed by atoms with van der Waals surface area (Å²) < 4.78 is 9.99. The molecule has 0 amide bonds. The molecule has 0 unspecified atom stereocenters. The molecule has 5 heterocycles. The van der Waals surface area contributed by atoms with Gasteiger partial charge in [-0.2, -0.15) is 8.75 Å². The zero-order chi connectivity index (χ0) is 42.0. The maximum Gasteiger partial charge on any atom is 0.114 e. The van der Waals surface area contributed by atoms with Crippen LogP contribution in [0.5, 0.6) is 0 Å². The third kappa shape index (κ3) is 11.0. The number of benzene rings is 3. The van der Waals surface area contributed by atoms with Crippen LogP contribution < -0.4 is 0 Å². The van der Waals surface area contributed by atoms with Gasteiger partial charge in [-0.1, -0.05) is 156 Å². The second-order valence-corrected chi connectivity index (χ2v) is 21.5. The van der Waals surface area contributed by atoms with Gasteiger partial charge in [-0.15, -0.1) is 45.3 Å². The minimum atomic E-state index is 1.03. The Kier molecular flexibility index (Phi) is 15.3. The summed E-state index contributed by atoms with van der Waals surface area (Å²) in [5, 5.41) is 0. The average Bonchev–Trinajstić information content (AvgIpc) is 4.13. The zero-order valence-electron chi connectivity index (χ0n) is 36.2. The predicted octanol–water partition coefficient (Wildman–Crippen LogP) is 18.9. The molecule has 0 N–H and O–H groups in total. The number of aryl methyl sites for hydroxylation is 4. The maximum atomic E-state index is 5.00. The summed E-state index contributed by atoms with van der Waals surface area (Å²) in [4.78, 5) is 10.9. The van der Waals surface area contributed by atoms with E-state index in [2.05, 4.69) is 137 Å². The summed E-state index contributed by atoms with van der Waals surface area (Å²) >= 11 is 9.06. The first-order valence-corrected chi connectivity index (χ1v) is 26.5. The highest BCUT2D eigenvalue weighted by atomic mass is 32.1. The molecule has 0 fully saturated rings. The highest BCUT2D eigenvalue weighted by Crippen LogP contribution is 2.48. The summed E-state index contributed by atoms with van der Waals surface area (Å²) in [6, 6.07) is 36.5. The number of aromatic nitrogens is 2. The van der Waals surface area contributed by atoms with E-state index in [0.717, 1.165) is 23.9 Å². The van der Waals surface area contributed by atoms with Crippen molar-refractivity contribution in [1.82, 2.24) is 8.75 Å². The molecule has 3 aromatic carbocycles. The van der Waals surface area contributed by atoms with Gasteiger partial charge in [-0.3, -0.25) is 0 Å². The lowest BCUT2D eigenvalue weighted by Gasteiger charge is -2.04. The Balaban J connectivity index is 1.07.